The van der Waals surface area contributed by atoms with E-state index in [4.69, 9.17) is 0 Å². The predicted octanol–water partition coefficient (Wildman–Crippen LogP) is 4.81. The third-order valence-electron chi connectivity index (χ3n) is 3.74. The Morgan fingerprint density at radius 1 is 0.870 bits per heavy atom. The van der Waals surface area contributed by atoms with Crippen molar-refractivity contribution in [2.24, 2.45) is 0 Å². The Kier molecular flexibility index (Phi) is 6.37. The fourth-order valence-corrected chi connectivity index (χ4v) is 2.36. The first-order valence-corrected chi connectivity index (χ1v) is 8.04. The van der Waals surface area contributed by atoms with Gasteiger partial charge < -0.3 is 4.90 Å². The highest BCUT2D eigenvalue weighted by molar-refractivity contribution is 6.29. The predicted molar refractivity (Wildman–Crippen MR) is 97.3 cm³/mol. The molecule has 0 aliphatic carbocycles. The third-order valence-corrected chi connectivity index (χ3v) is 3.74. The van der Waals surface area contributed by atoms with E-state index in [1.807, 2.05) is 79.0 Å². The van der Waals surface area contributed by atoms with Crippen LogP contribution in [0.25, 0.3) is 5.57 Å². The second-order valence-electron chi connectivity index (χ2n) is 5.20. The van der Waals surface area contributed by atoms with E-state index in [1.165, 1.54) is 0 Å². The molecule has 23 heavy (non-hydrogen) atoms. The quantitative estimate of drug-likeness (QED) is 0.416. The number of benzene rings is 2. The molecule has 2 aromatic carbocycles. The van der Waals surface area contributed by atoms with Crippen molar-refractivity contribution >= 4 is 11.4 Å². The lowest BCUT2D eigenvalue weighted by molar-refractivity contribution is 0.105. The van der Waals surface area contributed by atoms with Crippen molar-refractivity contribution in [3.05, 3.63) is 90.1 Å². The zero-order valence-corrected chi connectivity index (χ0v) is 13.8. The van der Waals surface area contributed by atoms with Gasteiger partial charge in [-0.2, -0.15) is 0 Å². The number of rotatable bonds is 7. The number of Topliss-reactive ketones (excluding diaryl/α,β-unsaturated/α-hetero) is 1. The number of ketones is 1. The standard InChI is InChI=1S/C21H23NO/c1-3-22(4-2)17-11-16-20(18-12-7-5-8-13-18)21(23)19-14-9-6-10-15-19/h5-17H,3-4H2,1-2H3/b17-11+,20-16+. The van der Waals surface area contributed by atoms with Crippen molar-refractivity contribution in [3.8, 4) is 0 Å². The minimum Gasteiger partial charge on any atom is -0.378 e. The molecule has 2 aromatic rings. The second kappa shape index (κ2) is 8.74. The topological polar surface area (TPSA) is 20.3 Å². The Morgan fingerprint density at radius 2 is 1.39 bits per heavy atom. The number of nitrogens with zero attached hydrogens (tertiary/aromatic N) is 1. The maximum Gasteiger partial charge on any atom is 0.193 e. The van der Waals surface area contributed by atoms with Gasteiger partial charge in [0, 0.05) is 24.2 Å². The third kappa shape index (κ3) is 4.68. The van der Waals surface area contributed by atoms with E-state index in [-0.39, 0.29) is 5.78 Å². The lowest BCUT2D eigenvalue weighted by Crippen LogP contribution is -2.14. The van der Waals surface area contributed by atoms with Gasteiger partial charge in [-0.15, -0.1) is 0 Å². The molecular weight excluding hydrogens is 282 g/mol. The highest BCUT2D eigenvalue weighted by Crippen LogP contribution is 2.20. The first-order valence-electron chi connectivity index (χ1n) is 8.04. The van der Waals surface area contributed by atoms with E-state index in [0.717, 1.165) is 18.7 Å². The summed E-state index contributed by atoms with van der Waals surface area (Å²) in [5.74, 6) is 0.0426. The van der Waals surface area contributed by atoms with Crippen LogP contribution in [0.3, 0.4) is 0 Å². The van der Waals surface area contributed by atoms with Gasteiger partial charge in [-0.05, 0) is 37.8 Å². The summed E-state index contributed by atoms with van der Waals surface area (Å²) in [5.41, 5.74) is 2.35. The Bertz CT molecular complexity index is 668. The maximum atomic E-state index is 12.8. The summed E-state index contributed by atoms with van der Waals surface area (Å²) in [6.07, 6.45) is 5.89. The SMILES string of the molecule is CCN(/C=C/C=C(/C(=O)c1ccccc1)c1ccccc1)CC. The monoisotopic (exact) mass is 305 g/mol. The Morgan fingerprint density at radius 3 is 1.91 bits per heavy atom. The summed E-state index contributed by atoms with van der Waals surface area (Å²) in [6, 6.07) is 19.2. The molecule has 0 saturated heterocycles. The van der Waals surface area contributed by atoms with E-state index >= 15 is 0 Å². The number of carbonyl (C=O) groups excluding carboxylic acids is 1. The largest absolute Gasteiger partial charge is 0.378 e. The van der Waals surface area contributed by atoms with Crippen LogP contribution >= 0.6 is 0 Å². The van der Waals surface area contributed by atoms with E-state index in [0.29, 0.717) is 11.1 Å². The Labute approximate surface area is 138 Å². The first kappa shape index (κ1) is 16.8. The van der Waals surface area contributed by atoms with Crippen LogP contribution < -0.4 is 0 Å². The van der Waals surface area contributed by atoms with E-state index in [2.05, 4.69) is 18.7 Å². The minimum atomic E-state index is 0.0426. The molecule has 0 atom stereocenters. The fourth-order valence-electron chi connectivity index (χ4n) is 2.36. The summed E-state index contributed by atoms with van der Waals surface area (Å²) in [4.78, 5) is 15.0. The van der Waals surface area contributed by atoms with Gasteiger partial charge in [0.2, 0.25) is 0 Å². The van der Waals surface area contributed by atoms with Gasteiger partial charge in [0.05, 0.1) is 0 Å². The number of allylic oxidation sites excluding steroid dienone is 3. The molecule has 2 rings (SSSR count). The number of hydrogen-bond donors (Lipinski definition) is 0. The summed E-state index contributed by atoms with van der Waals surface area (Å²) < 4.78 is 0. The molecule has 0 amide bonds. The van der Waals surface area contributed by atoms with E-state index < -0.39 is 0 Å². The lowest BCUT2D eigenvalue weighted by atomic mass is 9.96. The van der Waals surface area contributed by atoms with Crippen LogP contribution in [-0.2, 0) is 0 Å². The summed E-state index contributed by atoms with van der Waals surface area (Å²) >= 11 is 0. The summed E-state index contributed by atoms with van der Waals surface area (Å²) in [6.45, 7) is 6.14. The number of carbonyl (C=O) groups is 1. The van der Waals surface area contributed by atoms with Crippen LogP contribution in [0.4, 0.5) is 0 Å². The van der Waals surface area contributed by atoms with Crippen molar-refractivity contribution in [1.82, 2.24) is 4.90 Å². The second-order valence-corrected chi connectivity index (χ2v) is 5.20. The van der Waals surface area contributed by atoms with Crippen molar-refractivity contribution in [2.75, 3.05) is 13.1 Å². The van der Waals surface area contributed by atoms with Crippen molar-refractivity contribution in [1.29, 1.82) is 0 Å². The molecular formula is C21H23NO. The van der Waals surface area contributed by atoms with Gasteiger partial charge in [0.25, 0.3) is 0 Å². The van der Waals surface area contributed by atoms with Crippen LogP contribution in [0.1, 0.15) is 29.8 Å². The zero-order valence-electron chi connectivity index (χ0n) is 13.8. The number of hydrogen-bond acceptors (Lipinski definition) is 2. The van der Waals surface area contributed by atoms with Crippen LogP contribution in [-0.4, -0.2) is 23.8 Å². The average Bonchev–Trinajstić information content (AvgIpc) is 2.63. The Hall–Kier alpha value is -2.61. The molecule has 0 N–H and O–H groups in total. The maximum absolute atomic E-state index is 12.8. The molecule has 0 radical (unpaired) electrons. The van der Waals surface area contributed by atoms with Crippen LogP contribution in [0.2, 0.25) is 0 Å². The molecule has 118 valence electrons. The molecule has 0 aliphatic rings. The lowest BCUT2D eigenvalue weighted by Gasteiger charge is -2.14. The fraction of sp³-hybridized carbons (Fsp3) is 0.190. The molecule has 0 unspecified atom stereocenters. The zero-order chi connectivity index (χ0) is 16.5. The molecule has 0 aromatic heterocycles. The molecule has 0 heterocycles. The van der Waals surface area contributed by atoms with Gasteiger partial charge in [-0.1, -0.05) is 60.7 Å². The van der Waals surface area contributed by atoms with Gasteiger partial charge >= 0.3 is 0 Å². The first-order chi connectivity index (χ1) is 11.3. The van der Waals surface area contributed by atoms with Crippen molar-refractivity contribution < 1.29 is 4.79 Å². The van der Waals surface area contributed by atoms with Crippen molar-refractivity contribution in [2.45, 2.75) is 13.8 Å². The van der Waals surface area contributed by atoms with Crippen LogP contribution in [0.15, 0.2) is 79.0 Å². The highest BCUT2D eigenvalue weighted by atomic mass is 16.1. The molecule has 0 saturated carbocycles. The van der Waals surface area contributed by atoms with Gasteiger partial charge in [-0.25, -0.2) is 0 Å². The van der Waals surface area contributed by atoms with Crippen LogP contribution in [0, 0.1) is 0 Å². The van der Waals surface area contributed by atoms with Crippen molar-refractivity contribution in [3.63, 3.8) is 0 Å². The smallest absolute Gasteiger partial charge is 0.193 e. The summed E-state index contributed by atoms with van der Waals surface area (Å²) in [5, 5.41) is 0. The molecule has 0 aliphatic heterocycles. The summed E-state index contributed by atoms with van der Waals surface area (Å²) in [7, 11) is 0. The van der Waals surface area contributed by atoms with Gasteiger partial charge in [0.15, 0.2) is 5.78 Å². The molecule has 2 heteroatoms. The molecule has 2 nitrogen and oxygen atoms in total. The van der Waals surface area contributed by atoms with Gasteiger partial charge in [-0.3, -0.25) is 4.79 Å². The highest BCUT2D eigenvalue weighted by Gasteiger charge is 2.13. The van der Waals surface area contributed by atoms with E-state index in [1.54, 1.807) is 0 Å². The Balaban J connectivity index is 2.35. The van der Waals surface area contributed by atoms with E-state index in [9.17, 15) is 4.79 Å². The average molecular weight is 305 g/mol. The molecule has 0 bridgehead atoms. The van der Waals surface area contributed by atoms with Crippen LogP contribution in [0.5, 0.6) is 0 Å². The minimum absolute atomic E-state index is 0.0426. The molecule has 0 spiro atoms. The molecule has 0 fully saturated rings. The normalized spacial score (nSPS) is 11.7. The van der Waals surface area contributed by atoms with Gasteiger partial charge in [0.1, 0.15) is 0 Å².